The molecule has 0 aliphatic heterocycles. The quantitative estimate of drug-likeness (QED) is 0.527. The zero-order valence-electron chi connectivity index (χ0n) is 12.9. The topological polar surface area (TPSA) is 95.2 Å². The van der Waals surface area contributed by atoms with Crippen molar-refractivity contribution in [3.63, 3.8) is 0 Å². The molecular formula is C18H6N4S4. The van der Waals surface area contributed by atoms with Crippen LogP contribution in [0.4, 0.5) is 0 Å². The smallest absolute Gasteiger partial charge is 0.0992 e. The van der Waals surface area contributed by atoms with Crippen molar-refractivity contribution in [2.24, 2.45) is 0 Å². The zero-order chi connectivity index (χ0) is 19.1. The third-order valence-corrected chi connectivity index (χ3v) is 6.76. The largest absolute Gasteiger partial charge is 0.192 e. The Morgan fingerprint density at radius 1 is 0.577 bits per heavy atom. The van der Waals surface area contributed by atoms with Crippen molar-refractivity contribution >= 4 is 54.4 Å². The number of nitriles is 4. The lowest BCUT2D eigenvalue weighted by atomic mass is 10.1. The minimum atomic E-state index is 0.356. The van der Waals surface area contributed by atoms with Crippen molar-refractivity contribution in [2.75, 3.05) is 0 Å². The third-order valence-electron chi connectivity index (χ3n) is 3.05. The Labute approximate surface area is 169 Å². The van der Waals surface area contributed by atoms with Crippen molar-refractivity contribution in [1.29, 1.82) is 21.0 Å². The maximum atomic E-state index is 9.04. The average Bonchev–Trinajstić information content (AvgIpc) is 2.70. The summed E-state index contributed by atoms with van der Waals surface area (Å²) in [5, 5.41) is 36.2. The summed E-state index contributed by atoms with van der Waals surface area (Å²) in [6, 6.07) is 17.4. The first kappa shape index (κ1) is 19.6. The molecule has 2 aromatic rings. The van der Waals surface area contributed by atoms with Gasteiger partial charge in [-0.1, -0.05) is 24.4 Å². The van der Waals surface area contributed by atoms with Gasteiger partial charge in [-0.15, -0.1) is 0 Å². The van der Waals surface area contributed by atoms with Gasteiger partial charge in [-0.3, -0.25) is 0 Å². The summed E-state index contributed by atoms with van der Waals surface area (Å²) < 4.78 is 0.950. The molecule has 4 nitrogen and oxygen atoms in total. The Hall–Kier alpha value is -2.72. The van der Waals surface area contributed by atoms with Crippen LogP contribution in [0, 0.1) is 45.3 Å². The Bertz CT molecular complexity index is 926. The van der Waals surface area contributed by atoms with Gasteiger partial charge >= 0.3 is 0 Å². The van der Waals surface area contributed by atoms with Crippen LogP contribution in [-0.2, 0) is 0 Å². The molecule has 0 N–H and O–H groups in total. The molecule has 0 aliphatic rings. The monoisotopic (exact) mass is 406 g/mol. The van der Waals surface area contributed by atoms with Crippen LogP contribution in [0.25, 0.3) is 0 Å². The van der Waals surface area contributed by atoms with E-state index in [9.17, 15) is 0 Å². The van der Waals surface area contributed by atoms with Crippen LogP contribution in [-0.4, -0.2) is 8.39 Å². The highest BCUT2D eigenvalue weighted by molar-refractivity contribution is 8.90. The number of nitrogens with zero attached hydrogens (tertiary/aromatic N) is 4. The summed E-state index contributed by atoms with van der Waals surface area (Å²) in [5.41, 5.74) is 2.62. The molecule has 0 fully saturated rings. The second kappa shape index (κ2) is 9.11. The van der Waals surface area contributed by atoms with Gasteiger partial charge in [0, 0.05) is 11.1 Å². The van der Waals surface area contributed by atoms with Gasteiger partial charge < -0.3 is 0 Å². The van der Waals surface area contributed by atoms with Gasteiger partial charge in [0.1, 0.15) is 0 Å². The number of hydrogen-bond donors (Lipinski definition) is 0. The van der Waals surface area contributed by atoms with Crippen LogP contribution in [0.1, 0.15) is 33.4 Å². The van der Waals surface area contributed by atoms with Crippen LogP contribution in [0.15, 0.2) is 36.4 Å². The third kappa shape index (κ3) is 4.90. The van der Waals surface area contributed by atoms with E-state index in [0.717, 1.165) is 0 Å². The maximum absolute atomic E-state index is 9.04. The van der Waals surface area contributed by atoms with Crippen LogP contribution in [0.5, 0.6) is 0 Å². The van der Waals surface area contributed by atoms with E-state index in [0.29, 0.717) is 41.8 Å². The first-order valence-corrected chi connectivity index (χ1v) is 9.81. The van der Waals surface area contributed by atoms with Crippen molar-refractivity contribution in [1.82, 2.24) is 0 Å². The highest BCUT2D eigenvalue weighted by Crippen LogP contribution is 2.32. The minimum Gasteiger partial charge on any atom is -0.192 e. The van der Waals surface area contributed by atoms with Crippen LogP contribution in [0.2, 0.25) is 0 Å². The SMILES string of the molecule is N#Cc1cc(C#N)cc(C(=S)SSC(=S)c2cc(C#N)cc(C#N)c2)c1. The molecule has 0 heterocycles. The van der Waals surface area contributed by atoms with Crippen molar-refractivity contribution in [2.45, 2.75) is 0 Å². The van der Waals surface area contributed by atoms with Crippen molar-refractivity contribution in [3.8, 4) is 24.3 Å². The lowest BCUT2D eigenvalue weighted by Gasteiger charge is -2.07. The molecule has 0 spiro atoms. The van der Waals surface area contributed by atoms with E-state index in [1.54, 1.807) is 24.3 Å². The second-order valence-corrected chi connectivity index (χ2v) is 8.27. The molecule has 0 aliphatic carbocycles. The molecule has 0 atom stereocenters. The van der Waals surface area contributed by atoms with E-state index in [2.05, 4.69) is 0 Å². The van der Waals surface area contributed by atoms with Crippen molar-refractivity contribution < 1.29 is 0 Å². The summed E-state index contributed by atoms with van der Waals surface area (Å²) in [5.74, 6) is 0. The van der Waals surface area contributed by atoms with Gasteiger partial charge in [-0.05, 0) is 58.0 Å². The molecule has 0 unspecified atom stereocenters. The number of thiocarbonyl (C=S) groups is 2. The van der Waals surface area contributed by atoms with E-state index in [-0.39, 0.29) is 0 Å². The molecule has 0 saturated heterocycles. The Morgan fingerprint density at radius 3 is 1.08 bits per heavy atom. The van der Waals surface area contributed by atoms with E-state index in [4.69, 9.17) is 45.5 Å². The summed E-state index contributed by atoms with van der Waals surface area (Å²) in [6.45, 7) is 0. The van der Waals surface area contributed by atoms with Crippen molar-refractivity contribution in [3.05, 3.63) is 69.8 Å². The minimum absolute atomic E-state index is 0.356. The zero-order valence-corrected chi connectivity index (χ0v) is 16.2. The number of hydrogen-bond acceptors (Lipinski definition) is 8. The van der Waals surface area contributed by atoms with Crippen LogP contribution >= 0.6 is 46.0 Å². The molecule has 2 rings (SSSR count). The van der Waals surface area contributed by atoms with Gasteiger partial charge in [-0.25, -0.2) is 0 Å². The summed E-state index contributed by atoms with van der Waals surface area (Å²) in [7, 11) is 2.44. The highest BCUT2D eigenvalue weighted by Gasteiger charge is 2.11. The van der Waals surface area contributed by atoms with E-state index in [1.165, 1.54) is 33.7 Å². The summed E-state index contributed by atoms with van der Waals surface area (Å²) in [4.78, 5) is 0. The highest BCUT2D eigenvalue weighted by atomic mass is 33.1. The standard InChI is InChI=1S/C18H6N4S4/c19-7-11-1-12(8-20)4-15(3-11)17(23)25-26-18(24)16-5-13(9-21)2-14(6-16)10-22/h1-6H. The van der Waals surface area contributed by atoms with Gasteiger partial charge in [0.25, 0.3) is 0 Å². The van der Waals surface area contributed by atoms with Gasteiger partial charge in [0.05, 0.1) is 54.9 Å². The fraction of sp³-hybridized carbons (Fsp3) is 0. The number of benzene rings is 2. The summed E-state index contributed by atoms with van der Waals surface area (Å²) in [6.07, 6.45) is 0. The van der Waals surface area contributed by atoms with Crippen LogP contribution < -0.4 is 0 Å². The average molecular weight is 407 g/mol. The first-order chi connectivity index (χ1) is 12.5. The van der Waals surface area contributed by atoms with Gasteiger partial charge in [-0.2, -0.15) is 21.0 Å². The molecule has 8 heteroatoms. The Balaban J connectivity index is 2.17. The summed E-state index contributed by atoms with van der Waals surface area (Å²) >= 11 is 10.7. The Morgan fingerprint density at radius 2 is 0.846 bits per heavy atom. The number of rotatable bonds is 2. The molecule has 26 heavy (non-hydrogen) atoms. The predicted molar refractivity (Wildman–Crippen MR) is 110 cm³/mol. The predicted octanol–water partition coefficient (Wildman–Crippen LogP) is 4.61. The van der Waals surface area contributed by atoms with Crippen LogP contribution in [0.3, 0.4) is 0 Å². The lowest BCUT2D eigenvalue weighted by molar-refractivity contribution is 1.44. The first-order valence-electron chi connectivity index (χ1n) is 6.84. The second-order valence-electron chi connectivity index (χ2n) is 4.79. The molecule has 122 valence electrons. The maximum Gasteiger partial charge on any atom is 0.0992 e. The Kier molecular flexibility index (Phi) is 6.87. The van der Waals surface area contributed by atoms with E-state index in [1.807, 2.05) is 24.3 Å². The molecule has 0 radical (unpaired) electrons. The fourth-order valence-corrected chi connectivity index (χ4v) is 4.38. The molecule has 0 saturated carbocycles. The molecule has 0 bridgehead atoms. The fourth-order valence-electron chi connectivity index (χ4n) is 1.92. The molecule has 2 aromatic carbocycles. The molecule has 0 aromatic heterocycles. The molecular weight excluding hydrogens is 400 g/mol. The van der Waals surface area contributed by atoms with E-state index >= 15 is 0 Å². The van der Waals surface area contributed by atoms with Gasteiger partial charge in [0.15, 0.2) is 0 Å². The van der Waals surface area contributed by atoms with E-state index < -0.39 is 0 Å². The normalized spacial score (nSPS) is 9.23. The van der Waals surface area contributed by atoms with Gasteiger partial charge in [0.2, 0.25) is 0 Å². The molecule has 0 amide bonds. The lowest BCUT2D eigenvalue weighted by Crippen LogP contribution is -1.96.